The second-order valence-electron chi connectivity index (χ2n) is 5.76. The number of fused-ring (bicyclic) bond motifs is 1. The predicted molar refractivity (Wildman–Crippen MR) is 95.9 cm³/mol. The number of hydrogen-bond donors (Lipinski definition) is 3. The van der Waals surface area contributed by atoms with E-state index in [0.717, 1.165) is 30.5 Å². The molecule has 1 aliphatic rings. The number of phenolic OH excluding ortho intramolecular Hbond substituents is 1. The van der Waals surface area contributed by atoms with E-state index < -0.39 is 0 Å². The number of ether oxygens (including phenoxy) is 1. The van der Waals surface area contributed by atoms with Gasteiger partial charge in [-0.1, -0.05) is 6.07 Å². The molecule has 0 radical (unpaired) electrons. The number of halogens is 1. The van der Waals surface area contributed by atoms with Crippen LogP contribution < -0.4 is 15.8 Å². The number of amides is 1. The van der Waals surface area contributed by atoms with Crippen LogP contribution in [0.1, 0.15) is 40.4 Å². The van der Waals surface area contributed by atoms with Crippen molar-refractivity contribution in [3.8, 4) is 11.5 Å². The minimum atomic E-state index is -0.309. The number of phenols is 1. The van der Waals surface area contributed by atoms with Gasteiger partial charge in [-0.05, 0) is 60.7 Å². The van der Waals surface area contributed by atoms with E-state index in [1.165, 1.54) is 24.8 Å². The lowest BCUT2D eigenvalue weighted by molar-refractivity contribution is 0.0929. The molecule has 5 nitrogen and oxygen atoms in total. The van der Waals surface area contributed by atoms with Gasteiger partial charge >= 0.3 is 0 Å². The zero-order valence-corrected chi connectivity index (χ0v) is 14.2. The number of rotatable bonds is 3. The average Bonchev–Trinajstić information content (AvgIpc) is 2.55. The average molecular weight is 349 g/mol. The highest BCUT2D eigenvalue weighted by Crippen LogP contribution is 2.32. The Kier molecular flexibility index (Phi) is 5.57. The molecule has 1 aliphatic carbocycles. The Morgan fingerprint density at radius 2 is 2.08 bits per heavy atom. The molecule has 1 amide bonds. The topological polar surface area (TPSA) is 84.6 Å². The van der Waals surface area contributed by atoms with Gasteiger partial charge in [0.2, 0.25) is 0 Å². The first kappa shape index (κ1) is 17.9. The molecule has 6 heteroatoms. The highest BCUT2D eigenvalue weighted by atomic mass is 35.5. The lowest BCUT2D eigenvalue weighted by atomic mass is 9.87. The fourth-order valence-corrected chi connectivity index (χ4v) is 3.04. The quantitative estimate of drug-likeness (QED) is 0.743. The Labute approximate surface area is 147 Å². The van der Waals surface area contributed by atoms with Crippen LogP contribution in [0.3, 0.4) is 0 Å². The highest BCUT2D eigenvalue weighted by Gasteiger charge is 2.23. The summed E-state index contributed by atoms with van der Waals surface area (Å²) in [6, 6.07) is 10.3. The molecule has 0 fully saturated rings. The van der Waals surface area contributed by atoms with Crippen molar-refractivity contribution in [2.75, 3.05) is 12.8 Å². The van der Waals surface area contributed by atoms with Gasteiger partial charge in [0.1, 0.15) is 11.5 Å². The Morgan fingerprint density at radius 3 is 2.83 bits per heavy atom. The second-order valence-corrected chi connectivity index (χ2v) is 5.76. The van der Waals surface area contributed by atoms with Crippen molar-refractivity contribution in [1.82, 2.24) is 5.32 Å². The lowest BCUT2D eigenvalue weighted by Crippen LogP contribution is -2.31. The third kappa shape index (κ3) is 3.57. The van der Waals surface area contributed by atoms with Crippen LogP contribution in [0.5, 0.6) is 11.5 Å². The van der Waals surface area contributed by atoms with E-state index in [4.69, 9.17) is 10.5 Å². The van der Waals surface area contributed by atoms with Crippen molar-refractivity contribution in [1.29, 1.82) is 0 Å². The molecule has 0 saturated heterocycles. The van der Waals surface area contributed by atoms with Crippen LogP contribution in [0, 0.1) is 0 Å². The molecule has 1 unspecified atom stereocenters. The number of hydrogen-bond acceptors (Lipinski definition) is 4. The summed E-state index contributed by atoms with van der Waals surface area (Å²) in [4.78, 5) is 12.5. The number of aryl methyl sites for hydroxylation is 1. The maximum atomic E-state index is 12.5. The van der Waals surface area contributed by atoms with Gasteiger partial charge in [0.25, 0.3) is 5.91 Å². The first-order valence-electron chi connectivity index (χ1n) is 7.64. The molecule has 0 aliphatic heterocycles. The van der Waals surface area contributed by atoms with Crippen LogP contribution in [-0.4, -0.2) is 18.1 Å². The molecule has 24 heavy (non-hydrogen) atoms. The molecule has 2 aromatic carbocycles. The Hall–Kier alpha value is -2.40. The van der Waals surface area contributed by atoms with Crippen LogP contribution in [-0.2, 0) is 6.42 Å². The molecule has 3 rings (SSSR count). The van der Waals surface area contributed by atoms with E-state index in [2.05, 4.69) is 5.32 Å². The molecule has 128 valence electrons. The van der Waals surface area contributed by atoms with Gasteiger partial charge in [-0.2, -0.15) is 0 Å². The SMILES string of the molecule is COc1ccc(O)c(C(=O)NC2CCCc3cc(N)ccc32)c1.Cl. The van der Waals surface area contributed by atoms with Gasteiger partial charge in [-0.15, -0.1) is 12.4 Å². The molecule has 0 aromatic heterocycles. The third-order valence-corrected chi connectivity index (χ3v) is 4.24. The number of carbonyl (C=O) groups excluding carboxylic acids is 1. The molecular weight excluding hydrogens is 328 g/mol. The van der Waals surface area contributed by atoms with Crippen molar-refractivity contribution in [2.24, 2.45) is 0 Å². The minimum absolute atomic E-state index is 0. The zero-order chi connectivity index (χ0) is 16.4. The fraction of sp³-hybridized carbons (Fsp3) is 0.278. The Bertz CT molecular complexity index is 749. The summed E-state index contributed by atoms with van der Waals surface area (Å²) < 4.78 is 5.11. The maximum absolute atomic E-state index is 12.5. The van der Waals surface area contributed by atoms with Gasteiger partial charge in [0.05, 0.1) is 18.7 Å². The van der Waals surface area contributed by atoms with Gasteiger partial charge in [-0.25, -0.2) is 0 Å². The van der Waals surface area contributed by atoms with Crippen molar-refractivity contribution in [2.45, 2.75) is 25.3 Å². The first-order valence-corrected chi connectivity index (χ1v) is 7.64. The molecule has 0 saturated carbocycles. The van der Waals surface area contributed by atoms with Gasteiger partial charge in [0.15, 0.2) is 0 Å². The van der Waals surface area contributed by atoms with Crippen molar-refractivity contribution in [3.63, 3.8) is 0 Å². The Morgan fingerprint density at radius 1 is 1.29 bits per heavy atom. The molecular formula is C18H21ClN2O3. The number of benzene rings is 2. The largest absolute Gasteiger partial charge is 0.507 e. The highest BCUT2D eigenvalue weighted by molar-refractivity contribution is 5.97. The third-order valence-electron chi connectivity index (χ3n) is 4.24. The summed E-state index contributed by atoms with van der Waals surface area (Å²) >= 11 is 0. The van der Waals surface area contributed by atoms with E-state index in [1.807, 2.05) is 18.2 Å². The summed E-state index contributed by atoms with van der Waals surface area (Å²) in [5.41, 5.74) is 9.06. The number of aromatic hydroxyl groups is 1. The number of methoxy groups -OCH3 is 1. The summed E-state index contributed by atoms with van der Waals surface area (Å²) in [7, 11) is 1.52. The number of nitrogens with two attached hydrogens (primary N) is 1. The Balaban J connectivity index is 0.00000208. The van der Waals surface area contributed by atoms with E-state index >= 15 is 0 Å². The molecule has 4 N–H and O–H groups in total. The van der Waals surface area contributed by atoms with Crippen LogP contribution >= 0.6 is 12.4 Å². The second kappa shape index (κ2) is 7.45. The number of nitrogens with one attached hydrogen (secondary N) is 1. The summed E-state index contributed by atoms with van der Waals surface area (Å²) in [5.74, 6) is 0.164. The van der Waals surface area contributed by atoms with Crippen molar-refractivity contribution in [3.05, 3.63) is 53.1 Å². The van der Waals surface area contributed by atoms with Gasteiger partial charge < -0.3 is 20.9 Å². The number of anilines is 1. The summed E-state index contributed by atoms with van der Waals surface area (Å²) in [5, 5.41) is 12.9. The molecule has 1 atom stereocenters. The monoisotopic (exact) mass is 348 g/mol. The fourth-order valence-electron chi connectivity index (χ4n) is 3.04. The zero-order valence-electron chi connectivity index (χ0n) is 13.4. The van der Waals surface area contributed by atoms with Crippen LogP contribution in [0.15, 0.2) is 36.4 Å². The molecule has 2 aromatic rings. The first-order chi connectivity index (χ1) is 11.1. The van der Waals surface area contributed by atoms with E-state index in [1.54, 1.807) is 6.07 Å². The van der Waals surface area contributed by atoms with Crippen molar-refractivity contribution < 1.29 is 14.6 Å². The standard InChI is InChI=1S/C18H20N2O3.ClH/c1-23-13-6-8-17(21)15(10-13)18(22)20-16-4-2-3-11-9-12(19)5-7-14(11)16;/h5-10,16,21H,2-4,19H2,1H3,(H,20,22);1H. The van der Waals surface area contributed by atoms with Crippen LogP contribution in [0.4, 0.5) is 5.69 Å². The van der Waals surface area contributed by atoms with Crippen LogP contribution in [0.2, 0.25) is 0 Å². The molecule has 0 bridgehead atoms. The van der Waals surface area contributed by atoms with E-state index in [-0.39, 0.29) is 35.7 Å². The molecule has 0 heterocycles. The smallest absolute Gasteiger partial charge is 0.255 e. The predicted octanol–water partition coefficient (Wildman–Crippen LogP) is 3.21. The van der Waals surface area contributed by atoms with Crippen LogP contribution in [0.25, 0.3) is 0 Å². The molecule has 0 spiro atoms. The van der Waals surface area contributed by atoms with Gasteiger partial charge in [0, 0.05) is 5.69 Å². The van der Waals surface area contributed by atoms with Gasteiger partial charge in [-0.3, -0.25) is 4.79 Å². The minimum Gasteiger partial charge on any atom is -0.507 e. The lowest BCUT2D eigenvalue weighted by Gasteiger charge is -2.27. The maximum Gasteiger partial charge on any atom is 0.255 e. The van der Waals surface area contributed by atoms with E-state index in [0.29, 0.717) is 5.75 Å². The summed E-state index contributed by atoms with van der Waals surface area (Å²) in [6.07, 6.45) is 2.83. The van der Waals surface area contributed by atoms with E-state index in [9.17, 15) is 9.90 Å². The number of carbonyl (C=O) groups is 1. The van der Waals surface area contributed by atoms with Crippen molar-refractivity contribution >= 4 is 24.0 Å². The normalized spacial score (nSPS) is 15.8. The summed E-state index contributed by atoms with van der Waals surface area (Å²) in [6.45, 7) is 0. The number of nitrogen functional groups attached to an aromatic ring is 1.